The fourth-order valence-electron chi connectivity index (χ4n) is 1.50. The molecule has 0 aliphatic heterocycles. The van der Waals surface area contributed by atoms with Crippen LogP contribution in [0.25, 0.3) is 5.76 Å². The Morgan fingerprint density at radius 2 is 2.11 bits per heavy atom. The van der Waals surface area contributed by atoms with Crippen molar-refractivity contribution in [3.8, 4) is 0 Å². The Morgan fingerprint density at radius 1 is 1.47 bits per heavy atom. The average molecular weight is 264 g/mol. The summed E-state index contributed by atoms with van der Waals surface area (Å²) in [5.41, 5.74) is 0.873. The van der Waals surface area contributed by atoms with Crippen molar-refractivity contribution in [2.24, 2.45) is 0 Å². The van der Waals surface area contributed by atoms with Crippen molar-refractivity contribution in [1.82, 2.24) is 10.3 Å². The number of hydrogen-bond acceptors (Lipinski definition) is 4. The van der Waals surface area contributed by atoms with E-state index in [-0.39, 0.29) is 23.8 Å². The highest BCUT2D eigenvalue weighted by molar-refractivity contribution is 5.92. The van der Waals surface area contributed by atoms with Crippen LogP contribution in [-0.4, -0.2) is 28.6 Å². The van der Waals surface area contributed by atoms with Gasteiger partial charge in [0.2, 0.25) is 0 Å². The number of ether oxygens (including phenoxy) is 1. The normalized spacial score (nSPS) is 11.0. The summed E-state index contributed by atoms with van der Waals surface area (Å²) in [7, 11) is 1.52. The highest BCUT2D eigenvalue weighted by Crippen LogP contribution is 2.22. The first-order chi connectivity index (χ1) is 8.76. The molecule has 1 rings (SSSR count). The SMILES string of the molecule is C=C(OC(C)(C)C)c1cc(CO)nc(C(=O)NC)c1. The van der Waals surface area contributed by atoms with Crippen LogP contribution in [0.5, 0.6) is 0 Å². The van der Waals surface area contributed by atoms with E-state index in [1.807, 2.05) is 20.8 Å². The van der Waals surface area contributed by atoms with Crippen molar-refractivity contribution in [2.45, 2.75) is 33.0 Å². The second kappa shape index (κ2) is 5.84. The molecule has 1 aromatic rings. The average Bonchev–Trinajstić information content (AvgIpc) is 2.35. The standard InChI is InChI=1S/C14H20N2O3/c1-9(19-14(2,3)4)10-6-11(8-17)16-12(7-10)13(18)15-5/h6-7,17H,1,8H2,2-5H3,(H,15,18). The molecule has 0 unspecified atom stereocenters. The van der Waals surface area contributed by atoms with Crippen LogP contribution >= 0.6 is 0 Å². The smallest absolute Gasteiger partial charge is 0.269 e. The number of nitrogens with zero attached hydrogens (tertiary/aromatic N) is 1. The number of hydrogen-bond donors (Lipinski definition) is 2. The monoisotopic (exact) mass is 264 g/mol. The lowest BCUT2D eigenvalue weighted by Gasteiger charge is -2.23. The summed E-state index contributed by atoms with van der Waals surface area (Å²) in [6, 6.07) is 3.24. The van der Waals surface area contributed by atoms with Crippen LogP contribution in [0.2, 0.25) is 0 Å². The topological polar surface area (TPSA) is 71.5 Å². The van der Waals surface area contributed by atoms with Crippen LogP contribution in [0.15, 0.2) is 18.7 Å². The number of rotatable bonds is 4. The van der Waals surface area contributed by atoms with Crippen LogP contribution < -0.4 is 5.32 Å². The van der Waals surface area contributed by atoms with Gasteiger partial charge < -0.3 is 15.2 Å². The van der Waals surface area contributed by atoms with E-state index in [4.69, 9.17) is 4.74 Å². The molecule has 5 nitrogen and oxygen atoms in total. The van der Waals surface area contributed by atoms with Gasteiger partial charge in [0, 0.05) is 12.6 Å². The summed E-state index contributed by atoms with van der Waals surface area (Å²) in [6.07, 6.45) is 0. The van der Waals surface area contributed by atoms with Crippen LogP contribution in [-0.2, 0) is 11.3 Å². The molecule has 0 fully saturated rings. The maximum absolute atomic E-state index is 11.6. The molecule has 0 aliphatic rings. The Balaban J connectivity index is 3.13. The van der Waals surface area contributed by atoms with Gasteiger partial charge >= 0.3 is 0 Å². The van der Waals surface area contributed by atoms with Crippen LogP contribution in [0.1, 0.15) is 42.5 Å². The van der Waals surface area contributed by atoms with Gasteiger partial charge in [0.05, 0.1) is 12.3 Å². The highest BCUT2D eigenvalue weighted by atomic mass is 16.5. The molecule has 104 valence electrons. The van der Waals surface area contributed by atoms with Crippen LogP contribution in [0.4, 0.5) is 0 Å². The molecule has 2 N–H and O–H groups in total. The fourth-order valence-corrected chi connectivity index (χ4v) is 1.50. The van der Waals surface area contributed by atoms with Crippen molar-refractivity contribution < 1.29 is 14.6 Å². The fraction of sp³-hybridized carbons (Fsp3) is 0.429. The third-order valence-corrected chi connectivity index (χ3v) is 2.25. The first-order valence-electron chi connectivity index (χ1n) is 5.99. The Morgan fingerprint density at radius 3 is 2.58 bits per heavy atom. The minimum atomic E-state index is -0.382. The molecule has 1 amide bonds. The lowest BCUT2D eigenvalue weighted by molar-refractivity contribution is 0.0957. The first-order valence-corrected chi connectivity index (χ1v) is 5.99. The molecule has 1 aromatic heterocycles. The Bertz CT molecular complexity index is 490. The number of aromatic nitrogens is 1. The van der Waals surface area contributed by atoms with E-state index in [1.165, 1.54) is 7.05 Å². The predicted octanol–water partition coefficient (Wildman–Crippen LogP) is 1.72. The zero-order valence-electron chi connectivity index (χ0n) is 11.8. The van der Waals surface area contributed by atoms with Gasteiger partial charge in [-0.2, -0.15) is 0 Å². The molecule has 5 heteroatoms. The quantitative estimate of drug-likeness (QED) is 0.812. The Kier molecular flexibility index (Phi) is 4.67. The molecule has 0 saturated heterocycles. The summed E-state index contributed by atoms with van der Waals surface area (Å²) in [6.45, 7) is 9.33. The van der Waals surface area contributed by atoms with Crippen molar-refractivity contribution in [3.05, 3.63) is 35.7 Å². The van der Waals surface area contributed by atoms with Crippen LogP contribution in [0.3, 0.4) is 0 Å². The number of nitrogens with one attached hydrogen (secondary N) is 1. The van der Waals surface area contributed by atoms with E-state index < -0.39 is 0 Å². The molecule has 0 aliphatic carbocycles. The third kappa shape index (κ3) is 4.37. The number of carbonyl (C=O) groups is 1. The van der Waals surface area contributed by atoms with Gasteiger partial charge in [-0.25, -0.2) is 4.98 Å². The van der Waals surface area contributed by atoms with Crippen molar-refractivity contribution in [2.75, 3.05) is 7.05 Å². The molecular formula is C14H20N2O3. The van der Waals surface area contributed by atoms with Gasteiger partial charge in [-0.3, -0.25) is 4.79 Å². The molecule has 19 heavy (non-hydrogen) atoms. The lowest BCUT2D eigenvalue weighted by Crippen LogP contribution is -2.21. The second-order valence-corrected chi connectivity index (χ2v) is 5.11. The van der Waals surface area contributed by atoms with E-state index in [1.54, 1.807) is 12.1 Å². The summed E-state index contributed by atoms with van der Waals surface area (Å²) in [4.78, 5) is 15.7. The van der Waals surface area contributed by atoms with E-state index >= 15 is 0 Å². The largest absolute Gasteiger partial charge is 0.488 e. The molecule has 0 atom stereocenters. The Hall–Kier alpha value is -1.88. The number of aliphatic hydroxyl groups excluding tert-OH is 1. The molecular weight excluding hydrogens is 244 g/mol. The van der Waals surface area contributed by atoms with E-state index in [2.05, 4.69) is 16.9 Å². The van der Waals surface area contributed by atoms with E-state index in [9.17, 15) is 9.90 Å². The molecule has 0 spiro atoms. The van der Waals surface area contributed by atoms with E-state index in [0.29, 0.717) is 17.0 Å². The van der Waals surface area contributed by atoms with Crippen molar-refractivity contribution in [1.29, 1.82) is 0 Å². The second-order valence-electron chi connectivity index (χ2n) is 5.11. The zero-order valence-corrected chi connectivity index (χ0v) is 11.8. The zero-order chi connectivity index (χ0) is 14.6. The highest BCUT2D eigenvalue weighted by Gasteiger charge is 2.16. The summed E-state index contributed by atoms with van der Waals surface area (Å²) in [5, 5.41) is 11.7. The van der Waals surface area contributed by atoms with Gasteiger partial charge in [-0.05, 0) is 32.9 Å². The van der Waals surface area contributed by atoms with Gasteiger partial charge in [0.25, 0.3) is 5.91 Å². The molecule has 0 radical (unpaired) electrons. The third-order valence-electron chi connectivity index (χ3n) is 2.25. The Labute approximate surface area is 113 Å². The number of aliphatic hydroxyl groups is 1. The number of amides is 1. The molecule has 1 heterocycles. The maximum Gasteiger partial charge on any atom is 0.269 e. The molecule has 0 bridgehead atoms. The first kappa shape index (κ1) is 15.2. The number of carbonyl (C=O) groups excluding carboxylic acids is 1. The van der Waals surface area contributed by atoms with Gasteiger partial charge in [0.15, 0.2) is 0 Å². The van der Waals surface area contributed by atoms with Gasteiger partial charge in [-0.1, -0.05) is 6.58 Å². The predicted molar refractivity (Wildman–Crippen MR) is 73.4 cm³/mol. The summed E-state index contributed by atoms with van der Waals surface area (Å²) in [5.74, 6) is 0.120. The molecule has 0 saturated carbocycles. The van der Waals surface area contributed by atoms with Crippen molar-refractivity contribution >= 4 is 11.7 Å². The van der Waals surface area contributed by atoms with Crippen molar-refractivity contribution in [3.63, 3.8) is 0 Å². The van der Waals surface area contributed by atoms with E-state index in [0.717, 1.165) is 0 Å². The molecule has 0 aromatic carbocycles. The van der Waals surface area contributed by atoms with Gasteiger partial charge in [0.1, 0.15) is 17.1 Å². The van der Waals surface area contributed by atoms with Gasteiger partial charge in [-0.15, -0.1) is 0 Å². The van der Waals surface area contributed by atoms with Crippen LogP contribution in [0, 0.1) is 0 Å². The minimum absolute atomic E-state index is 0.225. The minimum Gasteiger partial charge on any atom is -0.488 e. The maximum atomic E-state index is 11.6. The number of pyridine rings is 1. The summed E-state index contributed by atoms with van der Waals surface area (Å²) >= 11 is 0. The summed E-state index contributed by atoms with van der Waals surface area (Å²) < 4.78 is 5.66. The lowest BCUT2D eigenvalue weighted by atomic mass is 10.1.